The molecule has 108 valence electrons. The van der Waals surface area contributed by atoms with Gasteiger partial charge >= 0.3 is 0 Å². The molecule has 2 aliphatic heterocycles. The van der Waals surface area contributed by atoms with Crippen molar-refractivity contribution in [1.82, 2.24) is 4.90 Å². The summed E-state index contributed by atoms with van der Waals surface area (Å²) in [5, 5.41) is 8.96. The molecule has 1 saturated heterocycles. The third-order valence-electron chi connectivity index (χ3n) is 3.85. The van der Waals surface area contributed by atoms with Crippen LogP contribution >= 0.6 is 0 Å². The van der Waals surface area contributed by atoms with Crippen LogP contribution in [0.4, 0.5) is 0 Å². The second kappa shape index (κ2) is 5.16. The number of quaternary nitrogens is 1. The highest BCUT2D eigenvalue weighted by molar-refractivity contribution is 7.90. The molecule has 2 N–H and O–H groups in total. The highest BCUT2D eigenvalue weighted by Gasteiger charge is 2.33. The Kier molecular flexibility index (Phi) is 3.49. The van der Waals surface area contributed by atoms with E-state index in [1.807, 2.05) is 17.0 Å². The largest absolute Gasteiger partial charge is 0.391 e. The van der Waals surface area contributed by atoms with Crippen LogP contribution in [0.1, 0.15) is 5.56 Å². The number of benzene rings is 1. The second-order valence-electron chi connectivity index (χ2n) is 5.10. The molecule has 0 atom stereocenters. The minimum Gasteiger partial charge on any atom is -0.391 e. The molecule has 1 fully saturated rings. The molecule has 7 heteroatoms. The summed E-state index contributed by atoms with van der Waals surface area (Å²) in [4.78, 5) is 3.68. The molecule has 3 rings (SSSR count). The van der Waals surface area contributed by atoms with Gasteiger partial charge in [-0.15, -0.1) is 4.40 Å². The van der Waals surface area contributed by atoms with Crippen LogP contribution in [-0.4, -0.2) is 63.6 Å². The van der Waals surface area contributed by atoms with Gasteiger partial charge in [-0.05, 0) is 12.1 Å². The summed E-state index contributed by atoms with van der Waals surface area (Å²) in [6, 6.07) is 6.97. The van der Waals surface area contributed by atoms with Gasteiger partial charge in [-0.25, -0.2) is 0 Å². The summed E-state index contributed by atoms with van der Waals surface area (Å²) < 4.78 is 28.0. The van der Waals surface area contributed by atoms with Crippen molar-refractivity contribution >= 4 is 15.9 Å². The van der Waals surface area contributed by atoms with E-state index < -0.39 is 10.0 Å². The van der Waals surface area contributed by atoms with E-state index in [2.05, 4.69) is 4.40 Å². The molecule has 2 aliphatic rings. The predicted molar refractivity (Wildman–Crippen MR) is 74.4 cm³/mol. The van der Waals surface area contributed by atoms with E-state index in [1.165, 1.54) is 4.90 Å². The molecule has 0 radical (unpaired) electrons. The van der Waals surface area contributed by atoms with Gasteiger partial charge in [-0.2, -0.15) is 8.42 Å². The minimum absolute atomic E-state index is 0.188. The van der Waals surface area contributed by atoms with Crippen molar-refractivity contribution in [2.45, 2.75) is 4.90 Å². The van der Waals surface area contributed by atoms with Gasteiger partial charge in [-0.3, -0.25) is 0 Å². The van der Waals surface area contributed by atoms with E-state index in [1.54, 1.807) is 12.1 Å². The fraction of sp³-hybridized carbons (Fsp3) is 0.462. The van der Waals surface area contributed by atoms with Gasteiger partial charge in [-0.1, -0.05) is 12.1 Å². The average Bonchev–Trinajstić information content (AvgIpc) is 2.73. The van der Waals surface area contributed by atoms with Crippen molar-refractivity contribution in [3.63, 3.8) is 0 Å². The third-order valence-corrected chi connectivity index (χ3v) is 5.17. The molecule has 6 nitrogen and oxygen atoms in total. The van der Waals surface area contributed by atoms with Crippen LogP contribution in [-0.2, 0) is 10.0 Å². The average molecular weight is 296 g/mol. The lowest BCUT2D eigenvalue weighted by Gasteiger charge is -2.33. The first-order valence-corrected chi connectivity index (χ1v) is 8.19. The fourth-order valence-electron chi connectivity index (χ4n) is 2.76. The van der Waals surface area contributed by atoms with Crippen molar-refractivity contribution in [3.8, 4) is 0 Å². The Morgan fingerprint density at radius 1 is 1.25 bits per heavy atom. The molecule has 0 unspecified atom stereocenters. The van der Waals surface area contributed by atoms with E-state index in [0.717, 1.165) is 32.7 Å². The molecule has 2 heterocycles. The molecule has 0 amide bonds. The number of hydrogen-bond donors (Lipinski definition) is 2. The van der Waals surface area contributed by atoms with Gasteiger partial charge in [0, 0.05) is 5.56 Å². The Morgan fingerprint density at radius 3 is 2.65 bits per heavy atom. The first-order valence-electron chi connectivity index (χ1n) is 6.75. The maximum absolute atomic E-state index is 12.0. The lowest BCUT2D eigenvalue weighted by Crippen LogP contribution is -3.15. The van der Waals surface area contributed by atoms with Gasteiger partial charge in [0.05, 0.1) is 32.8 Å². The summed E-state index contributed by atoms with van der Waals surface area (Å²) >= 11 is 0. The number of aliphatic hydroxyl groups is 1. The van der Waals surface area contributed by atoms with Crippen LogP contribution in [0.5, 0.6) is 0 Å². The number of fused-ring (bicyclic) bond motifs is 1. The zero-order valence-corrected chi connectivity index (χ0v) is 11.9. The Hall–Kier alpha value is -1.44. The fourth-order valence-corrected chi connectivity index (χ4v) is 3.99. The van der Waals surface area contributed by atoms with E-state index in [4.69, 9.17) is 5.11 Å². The van der Waals surface area contributed by atoms with Crippen molar-refractivity contribution in [1.29, 1.82) is 0 Å². The summed E-state index contributed by atoms with van der Waals surface area (Å²) in [7, 11) is -3.53. The number of piperazine rings is 1. The summed E-state index contributed by atoms with van der Waals surface area (Å²) in [6.07, 6.45) is 0. The standard InChI is InChI=1S/C13H17N3O3S/c17-10-9-15-5-7-16(8-6-15)13-11-3-1-2-4-12(11)20(18,19)14-13/h1-4,17H,5-10H2/p+1. The summed E-state index contributed by atoms with van der Waals surface area (Å²) in [5.74, 6) is 0.573. The normalized spacial score (nSPS) is 21.6. The van der Waals surface area contributed by atoms with Crippen LogP contribution < -0.4 is 4.90 Å². The van der Waals surface area contributed by atoms with Gasteiger partial charge in [0.2, 0.25) is 0 Å². The number of aliphatic hydroxyl groups excluding tert-OH is 1. The number of nitrogens with zero attached hydrogens (tertiary/aromatic N) is 2. The van der Waals surface area contributed by atoms with Gasteiger partial charge in [0.25, 0.3) is 10.0 Å². The van der Waals surface area contributed by atoms with Crippen LogP contribution in [0.3, 0.4) is 0 Å². The topological polar surface area (TPSA) is 74.4 Å². The monoisotopic (exact) mass is 296 g/mol. The van der Waals surface area contributed by atoms with Gasteiger partial charge in [0.15, 0.2) is 5.84 Å². The maximum Gasteiger partial charge on any atom is 0.285 e. The number of rotatable bonds is 2. The SMILES string of the molecule is O=S1(=O)N=C(N2CC[NH+](CCO)CC2)c2ccccc21. The molecule has 20 heavy (non-hydrogen) atoms. The highest BCUT2D eigenvalue weighted by atomic mass is 32.2. The zero-order valence-electron chi connectivity index (χ0n) is 11.1. The summed E-state index contributed by atoms with van der Waals surface area (Å²) in [5.41, 5.74) is 0.707. The molecule has 0 spiro atoms. The molecular weight excluding hydrogens is 278 g/mol. The summed E-state index contributed by atoms with van der Waals surface area (Å²) in [6.45, 7) is 4.24. The number of nitrogens with one attached hydrogen (secondary N) is 1. The lowest BCUT2D eigenvalue weighted by atomic mass is 10.1. The predicted octanol–water partition coefficient (Wildman–Crippen LogP) is -1.67. The minimum atomic E-state index is -3.53. The number of sulfonamides is 1. The second-order valence-corrected chi connectivity index (χ2v) is 6.67. The Morgan fingerprint density at radius 2 is 1.95 bits per heavy atom. The van der Waals surface area contributed by atoms with Crippen LogP contribution in [0, 0.1) is 0 Å². The maximum atomic E-state index is 12.0. The Bertz CT molecular complexity index is 634. The highest BCUT2D eigenvalue weighted by Crippen LogP contribution is 2.27. The quantitative estimate of drug-likeness (QED) is 0.684. The molecule has 0 bridgehead atoms. The van der Waals surface area contributed by atoms with Crippen molar-refractivity contribution < 1.29 is 18.4 Å². The lowest BCUT2D eigenvalue weighted by molar-refractivity contribution is -0.904. The Balaban J connectivity index is 1.83. The van der Waals surface area contributed by atoms with Crippen molar-refractivity contribution in [2.24, 2.45) is 4.40 Å². The smallest absolute Gasteiger partial charge is 0.285 e. The van der Waals surface area contributed by atoms with Crippen molar-refractivity contribution in [2.75, 3.05) is 39.3 Å². The molecule has 0 saturated carbocycles. The van der Waals surface area contributed by atoms with Crippen LogP contribution in [0.25, 0.3) is 0 Å². The Labute approximate surface area is 118 Å². The van der Waals surface area contributed by atoms with Crippen LogP contribution in [0.15, 0.2) is 33.6 Å². The molecule has 1 aromatic rings. The number of amidine groups is 1. The van der Waals surface area contributed by atoms with E-state index in [9.17, 15) is 8.42 Å². The first-order chi connectivity index (χ1) is 9.62. The van der Waals surface area contributed by atoms with E-state index in [0.29, 0.717) is 16.3 Å². The molecule has 0 aliphatic carbocycles. The van der Waals surface area contributed by atoms with Crippen LogP contribution in [0.2, 0.25) is 0 Å². The van der Waals surface area contributed by atoms with E-state index >= 15 is 0 Å². The molecular formula is C13H18N3O3S+. The number of hydrogen-bond acceptors (Lipinski definition) is 4. The van der Waals surface area contributed by atoms with Gasteiger partial charge in [0.1, 0.15) is 11.4 Å². The first kappa shape index (κ1) is 13.5. The van der Waals surface area contributed by atoms with Crippen molar-refractivity contribution in [3.05, 3.63) is 29.8 Å². The zero-order chi connectivity index (χ0) is 14.2. The van der Waals surface area contributed by atoms with E-state index in [-0.39, 0.29) is 6.61 Å². The van der Waals surface area contributed by atoms with Gasteiger partial charge < -0.3 is 14.9 Å². The third kappa shape index (κ3) is 2.32. The molecule has 0 aromatic heterocycles. The molecule has 1 aromatic carbocycles.